The zero-order chi connectivity index (χ0) is 15.6. The second kappa shape index (κ2) is 5.80. The number of pyridine rings is 1. The number of carbonyl (C=O) groups excluding carboxylic acids is 1. The molecule has 0 aliphatic carbocycles. The molecule has 0 fully saturated rings. The third-order valence-electron chi connectivity index (χ3n) is 2.56. The van der Waals surface area contributed by atoms with Gasteiger partial charge >= 0.3 is 12.1 Å². The summed E-state index contributed by atoms with van der Waals surface area (Å²) in [7, 11) is 0. The van der Waals surface area contributed by atoms with Crippen molar-refractivity contribution >= 4 is 17.3 Å². The molecule has 2 rings (SSSR count). The molecule has 0 atom stereocenters. The molecule has 0 aliphatic heterocycles. The van der Waals surface area contributed by atoms with E-state index in [2.05, 4.69) is 9.97 Å². The van der Waals surface area contributed by atoms with E-state index in [0.29, 0.717) is 21.1 Å². The van der Waals surface area contributed by atoms with Crippen LogP contribution in [0.15, 0.2) is 18.3 Å². The maximum atomic E-state index is 12.4. The van der Waals surface area contributed by atoms with Gasteiger partial charge in [0.1, 0.15) is 15.6 Å². The lowest BCUT2D eigenvalue weighted by Gasteiger charge is -2.05. The van der Waals surface area contributed by atoms with E-state index in [4.69, 9.17) is 4.74 Å². The Balaban J connectivity index is 2.31. The van der Waals surface area contributed by atoms with Crippen molar-refractivity contribution in [3.8, 4) is 10.6 Å². The fourth-order valence-corrected chi connectivity index (χ4v) is 2.54. The molecule has 0 spiro atoms. The minimum Gasteiger partial charge on any atom is -0.462 e. The maximum Gasteiger partial charge on any atom is 0.433 e. The first-order valence-electron chi connectivity index (χ1n) is 6.01. The molecule has 0 aliphatic rings. The average Bonchev–Trinajstić information content (AvgIpc) is 2.80. The molecular weight excluding hydrogens is 305 g/mol. The number of halogens is 3. The van der Waals surface area contributed by atoms with Gasteiger partial charge in [-0.15, -0.1) is 11.3 Å². The van der Waals surface area contributed by atoms with Crippen LogP contribution >= 0.6 is 11.3 Å². The largest absolute Gasteiger partial charge is 0.462 e. The van der Waals surface area contributed by atoms with Gasteiger partial charge in [0.2, 0.25) is 0 Å². The molecule has 21 heavy (non-hydrogen) atoms. The summed E-state index contributed by atoms with van der Waals surface area (Å²) >= 11 is 1.07. The van der Waals surface area contributed by atoms with Crippen molar-refractivity contribution in [3.05, 3.63) is 34.6 Å². The van der Waals surface area contributed by atoms with Gasteiger partial charge in [-0.05, 0) is 26.0 Å². The van der Waals surface area contributed by atoms with Crippen LogP contribution in [0, 0.1) is 6.92 Å². The van der Waals surface area contributed by atoms with Crippen LogP contribution in [0.1, 0.15) is 28.0 Å². The number of rotatable bonds is 3. The first-order valence-corrected chi connectivity index (χ1v) is 6.82. The SMILES string of the molecule is CCOC(=O)c1sc(-c2ccc(C(F)(F)F)nc2)nc1C. The topological polar surface area (TPSA) is 52.1 Å². The van der Waals surface area contributed by atoms with Crippen molar-refractivity contribution in [3.63, 3.8) is 0 Å². The van der Waals surface area contributed by atoms with Crippen LogP contribution in [-0.4, -0.2) is 22.5 Å². The molecule has 0 unspecified atom stereocenters. The molecule has 8 heteroatoms. The fraction of sp³-hybridized carbons (Fsp3) is 0.308. The van der Waals surface area contributed by atoms with Gasteiger partial charge in [0.25, 0.3) is 0 Å². The quantitative estimate of drug-likeness (QED) is 0.810. The smallest absolute Gasteiger partial charge is 0.433 e. The number of ether oxygens (including phenoxy) is 1. The summed E-state index contributed by atoms with van der Waals surface area (Å²) in [5.41, 5.74) is -0.0647. The van der Waals surface area contributed by atoms with E-state index < -0.39 is 17.8 Å². The van der Waals surface area contributed by atoms with Gasteiger partial charge in [0.15, 0.2) is 0 Å². The van der Waals surface area contributed by atoms with Gasteiger partial charge in [-0.25, -0.2) is 9.78 Å². The van der Waals surface area contributed by atoms with Crippen molar-refractivity contribution in [2.45, 2.75) is 20.0 Å². The zero-order valence-corrected chi connectivity index (χ0v) is 12.0. The average molecular weight is 316 g/mol. The third-order valence-corrected chi connectivity index (χ3v) is 3.74. The van der Waals surface area contributed by atoms with Gasteiger partial charge in [-0.2, -0.15) is 13.2 Å². The van der Waals surface area contributed by atoms with Crippen LogP contribution in [0.5, 0.6) is 0 Å². The molecule has 0 amide bonds. The van der Waals surface area contributed by atoms with Gasteiger partial charge in [0, 0.05) is 11.8 Å². The molecule has 112 valence electrons. The van der Waals surface area contributed by atoms with E-state index in [0.717, 1.165) is 23.6 Å². The summed E-state index contributed by atoms with van der Waals surface area (Å²) < 4.78 is 42.2. The van der Waals surface area contributed by atoms with Crippen LogP contribution < -0.4 is 0 Å². The van der Waals surface area contributed by atoms with E-state index >= 15 is 0 Å². The van der Waals surface area contributed by atoms with Crippen LogP contribution in [0.2, 0.25) is 0 Å². The number of aryl methyl sites for hydroxylation is 1. The van der Waals surface area contributed by atoms with Crippen LogP contribution in [0.25, 0.3) is 10.6 Å². The maximum absolute atomic E-state index is 12.4. The van der Waals surface area contributed by atoms with Crippen LogP contribution in [0.4, 0.5) is 13.2 Å². The van der Waals surface area contributed by atoms with Crippen LogP contribution in [0.3, 0.4) is 0 Å². The van der Waals surface area contributed by atoms with E-state index in [1.54, 1.807) is 13.8 Å². The number of thiazole rings is 1. The molecule has 2 aromatic heterocycles. The molecule has 0 aromatic carbocycles. The molecular formula is C13H11F3N2O2S. The van der Waals surface area contributed by atoms with E-state index in [-0.39, 0.29) is 6.61 Å². The number of alkyl halides is 3. The third kappa shape index (κ3) is 3.38. The summed E-state index contributed by atoms with van der Waals surface area (Å²) in [6.07, 6.45) is -3.39. The Labute approximate surface area is 122 Å². The Morgan fingerprint density at radius 2 is 2.10 bits per heavy atom. The second-order valence-electron chi connectivity index (χ2n) is 4.08. The molecule has 0 radical (unpaired) electrons. The zero-order valence-electron chi connectivity index (χ0n) is 11.2. The Morgan fingerprint density at radius 1 is 1.38 bits per heavy atom. The normalized spacial score (nSPS) is 11.5. The number of nitrogens with zero attached hydrogens (tertiary/aromatic N) is 2. The molecule has 2 aromatic rings. The molecule has 0 N–H and O–H groups in total. The molecule has 0 saturated carbocycles. The minimum absolute atomic E-state index is 0.243. The highest BCUT2D eigenvalue weighted by atomic mass is 32.1. The number of hydrogen-bond donors (Lipinski definition) is 0. The number of carbonyl (C=O) groups is 1. The van der Waals surface area contributed by atoms with Gasteiger partial charge < -0.3 is 4.74 Å². The Kier molecular flexibility index (Phi) is 4.26. The summed E-state index contributed by atoms with van der Waals surface area (Å²) in [6, 6.07) is 2.17. The van der Waals surface area contributed by atoms with Crippen molar-refractivity contribution < 1.29 is 22.7 Å². The summed E-state index contributed by atoms with van der Waals surface area (Å²) in [5, 5.41) is 0.428. The van der Waals surface area contributed by atoms with Crippen molar-refractivity contribution in [2.75, 3.05) is 6.61 Å². The van der Waals surface area contributed by atoms with Crippen molar-refractivity contribution in [1.82, 2.24) is 9.97 Å². The first kappa shape index (κ1) is 15.4. The monoisotopic (exact) mass is 316 g/mol. The number of aromatic nitrogens is 2. The van der Waals surface area contributed by atoms with E-state index in [1.165, 1.54) is 6.07 Å². The highest BCUT2D eigenvalue weighted by molar-refractivity contribution is 7.17. The highest BCUT2D eigenvalue weighted by Crippen LogP contribution is 2.31. The van der Waals surface area contributed by atoms with Gasteiger partial charge in [0.05, 0.1) is 12.3 Å². The molecule has 0 bridgehead atoms. The van der Waals surface area contributed by atoms with Gasteiger partial charge in [-0.1, -0.05) is 0 Å². The fourth-order valence-electron chi connectivity index (χ4n) is 1.59. The lowest BCUT2D eigenvalue weighted by atomic mass is 10.2. The standard InChI is InChI=1S/C13H11F3N2O2S/c1-3-20-12(19)10-7(2)18-11(21-10)8-4-5-9(17-6-8)13(14,15)16/h4-6H,3H2,1-2H3. The summed E-state index contributed by atoms with van der Waals surface area (Å²) in [4.78, 5) is 19.6. The number of esters is 1. The minimum atomic E-state index is -4.48. The molecule has 4 nitrogen and oxygen atoms in total. The lowest BCUT2D eigenvalue weighted by molar-refractivity contribution is -0.141. The summed E-state index contributed by atoms with van der Waals surface area (Å²) in [5.74, 6) is -0.487. The Hall–Kier alpha value is -1.96. The lowest BCUT2D eigenvalue weighted by Crippen LogP contribution is -2.07. The second-order valence-corrected chi connectivity index (χ2v) is 5.08. The molecule has 2 heterocycles. The van der Waals surface area contributed by atoms with E-state index in [1.807, 2.05) is 0 Å². The number of hydrogen-bond acceptors (Lipinski definition) is 5. The Bertz CT molecular complexity index is 650. The Morgan fingerprint density at radius 3 is 2.62 bits per heavy atom. The van der Waals surface area contributed by atoms with Crippen molar-refractivity contribution in [2.24, 2.45) is 0 Å². The predicted octanol–water partition coefficient (Wildman–Crippen LogP) is 3.71. The van der Waals surface area contributed by atoms with Crippen LogP contribution in [-0.2, 0) is 10.9 Å². The van der Waals surface area contributed by atoms with Crippen molar-refractivity contribution in [1.29, 1.82) is 0 Å². The summed E-state index contributed by atoms with van der Waals surface area (Å²) in [6.45, 7) is 3.58. The van der Waals surface area contributed by atoms with Gasteiger partial charge in [-0.3, -0.25) is 4.98 Å². The molecule has 0 saturated heterocycles. The highest BCUT2D eigenvalue weighted by Gasteiger charge is 2.32. The predicted molar refractivity (Wildman–Crippen MR) is 71.0 cm³/mol. The van der Waals surface area contributed by atoms with E-state index in [9.17, 15) is 18.0 Å². The first-order chi connectivity index (χ1) is 9.82.